The average molecular weight is 401 g/mol. The first-order valence-corrected chi connectivity index (χ1v) is 10.2. The Balaban J connectivity index is 1.98. The first kappa shape index (κ1) is 18.2. The average Bonchev–Trinajstić information content (AvgIpc) is 3.40. The predicted octanol–water partition coefficient (Wildman–Crippen LogP) is 6.28. The van der Waals surface area contributed by atoms with E-state index in [0.29, 0.717) is 0 Å². The molecule has 0 amide bonds. The molecule has 2 aromatic heterocycles. The molecule has 136 valence electrons. The zero-order chi connectivity index (χ0) is 19.7. The molecule has 0 radical (unpaired) electrons. The number of benzene rings is 2. The summed E-state index contributed by atoms with van der Waals surface area (Å²) in [7, 11) is 3.35. The molecule has 4 aromatic rings. The summed E-state index contributed by atoms with van der Waals surface area (Å²) in [6.07, 6.45) is 11.3. The van der Waals surface area contributed by atoms with Crippen molar-refractivity contribution < 1.29 is 9.47 Å². The lowest BCUT2D eigenvalue weighted by Gasteiger charge is -2.14. The van der Waals surface area contributed by atoms with Crippen molar-refractivity contribution in [3.05, 3.63) is 58.3 Å². The van der Waals surface area contributed by atoms with Crippen LogP contribution in [0.3, 0.4) is 0 Å². The quantitative estimate of drug-likeness (QED) is 0.376. The fraction of sp³-hybridized carbons (Fsp3) is 0.0833. The van der Waals surface area contributed by atoms with Crippen LogP contribution in [0, 0.1) is 24.7 Å². The molecule has 4 rings (SSSR count). The molecular formula is C24H16O2S2. The summed E-state index contributed by atoms with van der Waals surface area (Å²) < 4.78 is 11.4. The van der Waals surface area contributed by atoms with Crippen LogP contribution in [-0.2, 0) is 0 Å². The number of terminal acetylenes is 2. The van der Waals surface area contributed by atoms with Gasteiger partial charge in [-0.05, 0) is 57.9 Å². The van der Waals surface area contributed by atoms with Gasteiger partial charge in [0.1, 0.15) is 11.5 Å². The Morgan fingerprint density at radius 2 is 1.14 bits per heavy atom. The van der Waals surface area contributed by atoms with Crippen molar-refractivity contribution >= 4 is 33.4 Å². The van der Waals surface area contributed by atoms with Crippen molar-refractivity contribution in [3.63, 3.8) is 0 Å². The van der Waals surface area contributed by atoms with Gasteiger partial charge < -0.3 is 9.47 Å². The molecule has 28 heavy (non-hydrogen) atoms. The molecule has 0 aliphatic rings. The molecule has 2 heterocycles. The summed E-state index contributed by atoms with van der Waals surface area (Å²) in [5.74, 6) is 7.06. The number of ether oxygens (including phenoxy) is 2. The van der Waals surface area contributed by atoms with Gasteiger partial charge in [0.25, 0.3) is 0 Å². The Kier molecular flexibility index (Phi) is 4.84. The van der Waals surface area contributed by atoms with Crippen LogP contribution in [0.25, 0.3) is 31.7 Å². The van der Waals surface area contributed by atoms with Crippen molar-refractivity contribution in [2.75, 3.05) is 14.2 Å². The molecule has 0 saturated carbocycles. The monoisotopic (exact) mass is 400 g/mol. The largest absolute Gasteiger partial charge is 0.496 e. The highest BCUT2D eigenvalue weighted by Crippen LogP contribution is 2.43. The van der Waals surface area contributed by atoms with Crippen molar-refractivity contribution in [1.29, 1.82) is 0 Å². The number of thiophene rings is 2. The van der Waals surface area contributed by atoms with Crippen LogP contribution in [0.4, 0.5) is 0 Å². The number of rotatable bonds is 4. The van der Waals surface area contributed by atoms with E-state index in [0.717, 1.165) is 54.3 Å². The minimum atomic E-state index is 0.783. The van der Waals surface area contributed by atoms with E-state index in [2.05, 4.69) is 24.0 Å². The van der Waals surface area contributed by atoms with E-state index in [4.69, 9.17) is 22.3 Å². The van der Waals surface area contributed by atoms with Gasteiger partial charge in [-0.25, -0.2) is 0 Å². The van der Waals surface area contributed by atoms with Crippen LogP contribution < -0.4 is 9.47 Å². The zero-order valence-corrected chi connectivity index (χ0v) is 17.0. The number of hydrogen-bond acceptors (Lipinski definition) is 4. The number of methoxy groups -OCH3 is 2. The Morgan fingerprint density at radius 1 is 0.714 bits per heavy atom. The van der Waals surface area contributed by atoms with Crippen LogP contribution in [-0.4, -0.2) is 14.2 Å². The summed E-state index contributed by atoms with van der Waals surface area (Å²) in [6.45, 7) is 0. The van der Waals surface area contributed by atoms with Gasteiger partial charge in [-0.15, -0.1) is 35.5 Å². The summed E-state index contributed by atoms with van der Waals surface area (Å²) in [6, 6.07) is 12.2. The van der Waals surface area contributed by atoms with E-state index in [1.54, 1.807) is 36.9 Å². The molecule has 2 nitrogen and oxygen atoms in total. The van der Waals surface area contributed by atoms with E-state index < -0.39 is 0 Å². The molecule has 0 aliphatic carbocycles. The van der Waals surface area contributed by atoms with Gasteiger partial charge in [-0.3, -0.25) is 0 Å². The van der Waals surface area contributed by atoms with Crippen molar-refractivity contribution in [3.8, 4) is 57.1 Å². The van der Waals surface area contributed by atoms with E-state index in [1.165, 1.54) is 0 Å². The van der Waals surface area contributed by atoms with Crippen molar-refractivity contribution in [2.24, 2.45) is 0 Å². The van der Waals surface area contributed by atoms with E-state index in [1.807, 2.05) is 35.0 Å². The predicted molar refractivity (Wildman–Crippen MR) is 120 cm³/mol. The van der Waals surface area contributed by atoms with E-state index in [-0.39, 0.29) is 0 Å². The second-order valence-electron chi connectivity index (χ2n) is 6.07. The third-order valence-electron chi connectivity index (χ3n) is 4.61. The highest BCUT2D eigenvalue weighted by molar-refractivity contribution is 7.14. The molecule has 4 heteroatoms. The zero-order valence-electron chi connectivity index (χ0n) is 15.4. The van der Waals surface area contributed by atoms with Crippen LogP contribution in [0.5, 0.6) is 11.5 Å². The van der Waals surface area contributed by atoms with Gasteiger partial charge in [0.05, 0.1) is 24.0 Å². The minimum absolute atomic E-state index is 0.783. The molecule has 0 N–H and O–H groups in total. The second kappa shape index (κ2) is 7.44. The smallest absolute Gasteiger partial charge is 0.128 e. The molecule has 0 saturated heterocycles. The van der Waals surface area contributed by atoms with Gasteiger partial charge in [-0.2, -0.15) is 0 Å². The Morgan fingerprint density at radius 3 is 1.50 bits per heavy atom. The summed E-state index contributed by atoms with van der Waals surface area (Å²) in [5, 5.41) is 6.09. The number of fused-ring (bicyclic) bond motifs is 1. The topological polar surface area (TPSA) is 18.5 Å². The van der Waals surface area contributed by atoms with Crippen LogP contribution in [0.1, 0.15) is 11.1 Å². The lowest BCUT2D eigenvalue weighted by molar-refractivity contribution is 0.416. The summed E-state index contributed by atoms with van der Waals surface area (Å²) in [5.41, 5.74) is 3.69. The first-order valence-electron chi connectivity index (χ1n) is 8.49. The van der Waals surface area contributed by atoms with Crippen LogP contribution in [0.2, 0.25) is 0 Å². The maximum Gasteiger partial charge on any atom is 0.128 e. The van der Waals surface area contributed by atoms with Gasteiger partial charge >= 0.3 is 0 Å². The lowest BCUT2D eigenvalue weighted by Crippen LogP contribution is -1.92. The molecule has 2 aromatic carbocycles. The molecule has 0 atom stereocenters. The Bertz CT molecular complexity index is 1160. The molecular weight excluding hydrogens is 384 g/mol. The number of hydrogen-bond donors (Lipinski definition) is 0. The van der Waals surface area contributed by atoms with E-state index in [9.17, 15) is 0 Å². The molecule has 0 fully saturated rings. The van der Waals surface area contributed by atoms with Gasteiger partial charge in [0.15, 0.2) is 0 Å². The normalized spacial score (nSPS) is 10.4. The van der Waals surface area contributed by atoms with Crippen LogP contribution in [0.15, 0.2) is 47.2 Å². The van der Waals surface area contributed by atoms with Crippen LogP contribution >= 0.6 is 22.7 Å². The fourth-order valence-corrected chi connectivity index (χ4v) is 5.02. The summed E-state index contributed by atoms with van der Waals surface area (Å²) in [4.78, 5) is 2.05. The maximum absolute atomic E-state index is 5.69. The molecule has 0 bridgehead atoms. The molecule has 0 unspecified atom stereocenters. The highest BCUT2D eigenvalue weighted by atomic mass is 32.1. The second-order valence-corrected chi connectivity index (χ2v) is 7.90. The van der Waals surface area contributed by atoms with Gasteiger partial charge in [0.2, 0.25) is 0 Å². The highest BCUT2D eigenvalue weighted by Gasteiger charge is 2.17. The SMILES string of the molecule is C#Cc1ccsc1-c1cc2cc(OC)c(-c3sccc3C#C)cc2cc1OC. The van der Waals surface area contributed by atoms with Crippen molar-refractivity contribution in [1.82, 2.24) is 0 Å². The third kappa shape index (κ3) is 2.94. The maximum atomic E-state index is 5.69. The Hall–Kier alpha value is -3.18. The minimum Gasteiger partial charge on any atom is -0.496 e. The van der Waals surface area contributed by atoms with Gasteiger partial charge in [-0.1, -0.05) is 11.8 Å². The fourth-order valence-electron chi connectivity index (χ4n) is 3.26. The lowest BCUT2D eigenvalue weighted by atomic mass is 9.99. The van der Waals surface area contributed by atoms with Gasteiger partial charge in [0, 0.05) is 22.3 Å². The third-order valence-corrected chi connectivity index (χ3v) is 6.50. The molecule has 0 spiro atoms. The standard InChI is InChI=1S/C24H16O2S2/c1-5-15-7-9-27-23(15)19-11-17-14-22(26-4)20(12-18(17)13-21(19)25-3)24-16(6-2)8-10-28-24/h1-2,7-14H,3-4H3. The van der Waals surface area contributed by atoms with Crippen molar-refractivity contribution in [2.45, 2.75) is 0 Å². The first-order chi connectivity index (χ1) is 13.7. The molecule has 0 aliphatic heterocycles. The Labute approximate surface area is 172 Å². The van der Waals surface area contributed by atoms with E-state index >= 15 is 0 Å². The summed E-state index contributed by atoms with van der Waals surface area (Å²) >= 11 is 3.21.